The number of fused-ring (bicyclic) bond motifs is 1. The first-order valence-electron chi connectivity index (χ1n) is 8.38. The SMILES string of the molecule is CC[C@H](C)NC(=O)CCNC(=O)N1CCSc2nc(C)cc(C)c21. The molecular weight excluding hydrogens is 324 g/mol. The number of amides is 3. The Kier molecular flexibility index (Phi) is 6.48. The molecule has 2 rings (SSSR count). The summed E-state index contributed by atoms with van der Waals surface area (Å²) < 4.78 is 0. The minimum absolute atomic E-state index is 0.0345. The average Bonchev–Trinajstić information content (AvgIpc) is 2.53. The molecule has 0 saturated carbocycles. The van der Waals surface area contributed by atoms with Gasteiger partial charge in [0.15, 0.2) is 0 Å². The number of nitrogens with one attached hydrogen (secondary N) is 2. The van der Waals surface area contributed by atoms with Crippen LogP contribution in [0.15, 0.2) is 11.1 Å². The van der Waals surface area contributed by atoms with Crippen LogP contribution >= 0.6 is 11.8 Å². The molecule has 0 saturated heterocycles. The second-order valence-electron chi connectivity index (χ2n) is 6.09. The molecule has 1 atom stereocenters. The quantitative estimate of drug-likeness (QED) is 0.856. The van der Waals surface area contributed by atoms with Crippen LogP contribution in [0, 0.1) is 13.8 Å². The highest BCUT2D eigenvalue weighted by molar-refractivity contribution is 7.99. The highest BCUT2D eigenvalue weighted by Gasteiger charge is 2.26. The molecule has 1 aromatic rings. The standard InChI is InChI=1S/C17H26N4O2S/c1-5-12(3)19-14(22)6-7-18-17(23)21-8-9-24-16-15(21)11(2)10-13(4)20-16/h10,12H,5-9H2,1-4H3,(H,18,23)(H,19,22)/t12-/m0/s1. The minimum atomic E-state index is -0.165. The lowest BCUT2D eigenvalue weighted by Crippen LogP contribution is -2.44. The molecule has 24 heavy (non-hydrogen) atoms. The summed E-state index contributed by atoms with van der Waals surface area (Å²) in [5.41, 5.74) is 2.90. The Morgan fingerprint density at radius 3 is 2.88 bits per heavy atom. The third kappa shape index (κ3) is 4.63. The van der Waals surface area contributed by atoms with Crippen LogP contribution < -0.4 is 15.5 Å². The van der Waals surface area contributed by atoms with Gasteiger partial charge in [-0.05, 0) is 38.8 Å². The van der Waals surface area contributed by atoms with Crippen LogP contribution in [-0.4, -0.2) is 41.8 Å². The Labute approximate surface area is 147 Å². The molecule has 1 aromatic heterocycles. The van der Waals surface area contributed by atoms with Gasteiger partial charge in [-0.2, -0.15) is 0 Å². The summed E-state index contributed by atoms with van der Waals surface area (Å²) >= 11 is 1.68. The van der Waals surface area contributed by atoms with Gasteiger partial charge in [0.1, 0.15) is 5.03 Å². The normalized spacial score (nSPS) is 14.8. The first kappa shape index (κ1) is 18.6. The van der Waals surface area contributed by atoms with Crippen LogP contribution in [0.1, 0.15) is 37.9 Å². The van der Waals surface area contributed by atoms with Gasteiger partial charge in [-0.3, -0.25) is 9.69 Å². The van der Waals surface area contributed by atoms with Crippen molar-refractivity contribution in [1.29, 1.82) is 0 Å². The molecule has 0 aromatic carbocycles. The Bertz CT molecular complexity index is 621. The van der Waals surface area contributed by atoms with E-state index >= 15 is 0 Å². The molecule has 0 aliphatic carbocycles. The molecule has 0 unspecified atom stereocenters. The molecule has 3 amide bonds. The average molecular weight is 350 g/mol. The van der Waals surface area contributed by atoms with E-state index in [0.29, 0.717) is 13.1 Å². The van der Waals surface area contributed by atoms with Gasteiger partial charge in [0, 0.05) is 37.0 Å². The number of hydrogen-bond acceptors (Lipinski definition) is 4. The van der Waals surface area contributed by atoms with Crippen molar-refractivity contribution >= 4 is 29.4 Å². The maximum Gasteiger partial charge on any atom is 0.322 e. The van der Waals surface area contributed by atoms with E-state index in [4.69, 9.17) is 0 Å². The number of urea groups is 1. The number of anilines is 1. The molecule has 6 nitrogen and oxygen atoms in total. The fourth-order valence-electron chi connectivity index (χ4n) is 2.60. The number of aromatic nitrogens is 1. The molecular formula is C17H26N4O2S. The summed E-state index contributed by atoms with van der Waals surface area (Å²) in [7, 11) is 0. The predicted octanol–water partition coefficient (Wildman–Crippen LogP) is 2.62. The van der Waals surface area contributed by atoms with Crippen LogP contribution in [0.2, 0.25) is 0 Å². The first-order chi connectivity index (χ1) is 11.4. The van der Waals surface area contributed by atoms with Gasteiger partial charge in [-0.1, -0.05) is 6.92 Å². The van der Waals surface area contributed by atoms with Gasteiger partial charge in [-0.25, -0.2) is 9.78 Å². The lowest BCUT2D eigenvalue weighted by Gasteiger charge is -2.30. The molecule has 2 N–H and O–H groups in total. The summed E-state index contributed by atoms with van der Waals surface area (Å²) in [6.45, 7) is 8.93. The van der Waals surface area contributed by atoms with Crippen molar-refractivity contribution in [2.45, 2.75) is 51.6 Å². The van der Waals surface area contributed by atoms with E-state index in [-0.39, 0.29) is 24.4 Å². The van der Waals surface area contributed by atoms with E-state index in [1.165, 1.54) is 0 Å². The molecule has 0 spiro atoms. The van der Waals surface area contributed by atoms with Gasteiger partial charge < -0.3 is 10.6 Å². The van der Waals surface area contributed by atoms with Crippen LogP contribution in [-0.2, 0) is 4.79 Å². The number of nitrogens with zero attached hydrogens (tertiary/aromatic N) is 2. The summed E-state index contributed by atoms with van der Waals surface area (Å²) in [6, 6.07) is 1.99. The lowest BCUT2D eigenvalue weighted by molar-refractivity contribution is -0.121. The van der Waals surface area contributed by atoms with Gasteiger partial charge >= 0.3 is 6.03 Å². The zero-order valence-corrected chi connectivity index (χ0v) is 15.6. The van der Waals surface area contributed by atoms with Gasteiger partial charge in [0.2, 0.25) is 5.91 Å². The maximum absolute atomic E-state index is 12.5. The second kappa shape index (κ2) is 8.37. The third-order valence-corrected chi connectivity index (χ3v) is 4.94. The van der Waals surface area contributed by atoms with Crippen molar-refractivity contribution in [3.63, 3.8) is 0 Å². The Hall–Kier alpha value is -1.76. The van der Waals surface area contributed by atoms with E-state index in [1.807, 2.05) is 33.8 Å². The number of carbonyl (C=O) groups is 2. The number of aryl methyl sites for hydroxylation is 2. The summed E-state index contributed by atoms with van der Waals surface area (Å²) in [5.74, 6) is 0.790. The second-order valence-corrected chi connectivity index (χ2v) is 7.18. The molecule has 1 aliphatic rings. The van der Waals surface area contributed by atoms with E-state index < -0.39 is 0 Å². The summed E-state index contributed by atoms with van der Waals surface area (Å²) in [5, 5.41) is 6.65. The Morgan fingerprint density at radius 2 is 2.17 bits per heavy atom. The van der Waals surface area contributed by atoms with Crippen molar-refractivity contribution < 1.29 is 9.59 Å². The molecule has 132 valence electrons. The zero-order valence-electron chi connectivity index (χ0n) is 14.8. The van der Waals surface area contributed by atoms with E-state index in [9.17, 15) is 9.59 Å². The third-order valence-electron chi connectivity index (χ3n) is 4.00. The summed E-state index contributed by atoms with van der Waals surface area (Å²) in [6.07, 6.45) is 1.18. The smallest absolute Gasteiger partial charge is 0.322 e. The highest BCUT2D eigenvalue weighted by Crippen LogP contribution is 2.36. The van der Waals surface area contributed by atoms with Gasteiger partial charge in [-0.15, -0.1) is 11.8 Å². The van der Waals surface area contributed by atoms with Crippen molar-refractivity contribution in [3.8, 4) is 0 Å². The molecule has 0 radical (unpaired) electrons. The topological polar surface area (TPSA) is 74.3 Å². The van der Waals surface area contributed by atoms with Gasteiger partial charge in [0.05, 0.1) is 5.69 Å². The fraction of sp³-hybridized carbons (Fsp3) is 0.588. The molecule has 2 heterocycles. The number of pyridine rings is 1. The monoisotopic (exact) mass is 350 g/mol. The zero-order chi connectivity index (χ0) is 17.7. The van der Waals surface area contributed by atoms with E-state index in [2.05, 4.69) is 15.6 Å². The van der Waals surface area contributed by atoms with Crippen LogP contribution in [0.3, 0.4) is 0 Å². The van der Waals surface area contributed by atoms with E-state index in [0.717, 1.165) is 34.1 Å². The largest absolute Gasteiger partial charge is 0.354 e. The number of carbonyl (C=O) groups excluding carboxylic acids is 2. The highest BCUT2D eigenvalue weighted by atomic mass is 32.2. The predicted molar refractivity (Wildman–Crippen MR) is 97.7 cm³/mol. The van der Waals surface area contributed by atoms with Crippen molar-refractivity contribution in [2.24, 2.45) is 0 Å². The maximum atomic E-state index is 12.5. The molecule has 0 bridgehead atoms. The Balaban J connectivity index is 1.94. The van der Waals surface area contributed by atoms with Gasteiger partial charge in [0.25, 0.3) is 0 Å². The van der Waals surface area contributed by atoms with Crippen molar-refractivity contribution in [1.82, 2.24) is 15.6 Å². The number of rotatable bonds is 5. The summed E-state index contributed by atoms with van der Waals surface area (Å²) in [4.78, 5) is 30.5. The fourth-order valence-corrected chi connectivity index (χ4v) is 3.68. The molecule has 0 fully saturated rings. The molecule has 1 aliphatic heterocycles. The van der Waals surface area contributed by atoms with Crippen LogP contribution in [0.5, 0.6) is 0 Å². The van der Waals surface area contributed by atoms with E-state index in [1.54, 1.807) is 16.7 Å². The van der Waals surface area contributed by atoms with Crippen molar-refractivity contribution in [3.05, 3.63) is 17.3 Å². The van der Waals surface area contributed by atoms with Crippen molar-refractivity contribution in [2.75, 3.05) is 23.7 Å². The Morgan fingerprint density at radius 1 is 1.42 bits per heavy atom. The number of hydrogen-bond donors (Lipinski definition) is 2. The van der Waals surface area contributed by atoms with Crippen LogP contribution in [0.25, 0.3) is 0 Å². The minimum Gasteiger partial charge on any atom is -0.354 e. The molecule has 7 heteroatoms. The number of thioether (sulfide) groups is 1. The lowest BCUT2D eigenvalue weighted by atomic mass is 10.2. The first-order valence-corrected chi connectivity index (χ1v) is 9.36. The van der Waals surface area contributed by atoms with Crippen LogP contribution in [0.4, 0.5) is 10.5 Å².